The quantitative estimate of drug-likeness (QED) is 0.101. The average Bonchev–Trinajstić information content (AvgIpc) is 3.35. The molecule has 3 fully saturated rings. The molecule has 0 unspecified atom stereocenters. The maximum Gasteiger partial charge on any atom is 0.339 e. The van der Waals surface area contributed by atoms with Gasteiger partial charge in [0.1, 0.15) is 5.60 Å². The van der Waals surface area contributed by atoms with Crippen LogP contribution in [0.25, 0.3) is 0 Å². The number of carboxylic acids is 1. The van der Waals surface area contributed by atoms with Gasteiger partial charge in [0.25, 0.3) is 0 Å². The molecule has 9 N–H and O–H groups in total. The molecule has 13 nitrogen and oxygen atoms in total. The number of nitrogens with one attached hydrogen (secondary N) is 2. The molecular formula is C31H48Cl2N2O11. The molecule has 15 heteroatoms. The number of halogens is 2. The zero-order chi connectivity index (χ0) is 33.8. The summed E-state index contributed by atoms with van der Waals surface area (Å²) < 4.78 is 5.34. The monoisotopic (exact) mass is 694 g/mol. The molecule has 2 aliphatic carbocycles. The number of aliphatic hydroxyl groups excluding tert-OH is 3. The highest BCUT2D eigenvalue weighted by molar-refractivity contribution is 6.18. The summed E-state index contributed by atoms with van der Waals surface area (Å²) in [5, 5.41) is 54.1. The van der Waals surface area contributed by atoms with Crippen molar-refractivity contribution in [2.75, 3.05) is 18.9 Å². The maximum atomic E-state index is 12.2. The van der Waals surface area contributed by atoms with E-state index in [2.05, 4.69) is 10.6 Å². The van der Waals surface area contributed by atoms with Gasteiger partial charge in [-0.2, -0.15) is 0 Å². The van der Waals surface area contributed by atoms with Crippen molar-refractivity contribution in [2.24, 2.45) is 23.7 Å². The summed E-state index contributed by atoms with van der Waals surface area (Å²) in [6, 6.07) is 0. The third kappa shape index (κ3) is 6.31. The first kappa shape index (κ1) is 39.9. The number of hydrogen-bond donors (Lipinski definition) is 7. The van der Waals surface area contributed by atoms with Crippen LogP contribution in [0.2, 0.25) is 0 Å². The number of aliphatic hydroxyl groups is 4. The molecular weight excluding hydrogens is 647 g/mol. The van der Waals surface area contributed by atoms with E-state index >= 15 is 0 Å². The second-order valence-electron chi connectivity index (χ2n) is 12.5. The molecule has 0 spiro atoms. The lowest BCUT2D eigenvalue weighted by Crippen LogP contribution is -2.80. The van der Waals surface area contributed by atoms with E-state index in [9.17, 15) is 39.6 Å². The summed E-state index contributed by atoms with van der Waals surface area (Å²) in [4.78, 5) is 48.5. The normalized spacial score (nSPS) is 38.6. The van der Waals surface area contributed by atoms with E-state index in [-0.39, 0.29) is 29.6 Å². The standard InChI is InChI=1S/C15H22ClNO5.C15H20ClNO4.CH4O.H2O/c1-14(22)10(7-8-16)12(19)17-15(14,13(20)21)11(18)9-5-3-2-4-6-9;1-14-10(7-8-16)12(19)17-15(14,13(20)21-14)11(18)9-5-3-2-4-6-9;1-2;/h3,5,9-11,18,22H,2,4,6-8H2,1H3,(H,17,19)(H,20,21);3,5,9-11,18H,2,4,6-8H2,1H3,(H,17,19);2H,1H3;1H2/t2*9-,10+,11+,14+,15+;;/m11../s1. The fraction of sp³-hybridized carbons (Fsp3) is 0.742. The molecule has 3 heterocycles. The first-order valence-electron chi connectivity index (χ1n) is 15.4. The lowest BCUT2D eigenvalue weighted by Gasteiger charge is -2.54. The summed E-state index contributed by atoms with van der Waals surface area (Å²) >= 11 is 11.4. The van der Waals surface area contributed by atoms with E-state index < -0.39 is 70.1 Å². The van der Waals surface area contributed by atoms with Crippen LogP contribution in [-0.2, 0) is 23.9 Å². The van der Waals surface area contributed by atoms with Crippen LogP contribution in [-0.4, -0.2) is 108 Å². The zero-order valence-electron chi connectivity index (χ0n) is 26.4. The Morgan fingerprint density at radius 2 is 1.39 bits per heavy atom. The third-order valence-electron chi connectivity index (χ3n) is 10.2. The zero-order valence-corrected chi connectivity index (χ0v) is 27.9. The van der Waals surface area contributed by atoms with Crippen molar-refractivity contribution in [3.05, 3.63) is 24.3 Å². The molecule has 0 aromatic rings. The van der Waals surface area contributed by atoms with E-state index in [1.54, 1.807) is 13.0 Å². The largest absolute Gasteiger partial charge is 0.479 e. The van der Waals surface area contributed by atoms with E-state index in [1.807, 2.05) is 18.2 Å². The van der Waals surface area contributed by atoms with Crippen LogP contribution in [0.3, 0.4) is 0 Å². The number of aliphatic carboxylic acids is 1. The number of ether oxygens (including phenoxy) is 1. The number of rotatable bonds is 9. The molecule has 0 aromatic carbocycles. The van der Waals surface area contributed by atoms with Gasteiger partial charge in [0, 0.05) is 30.7 Å². The van der Waals surface area contributed by atoms with E-state index in [0.29, 0.717) is 18.7 Å². The van der Waals surface area contributed by atoms with Crippen molar-refractivity contribution < 1.29 is 54.9 Å². The Morgan fingerprint density at radius 1 is 0.913 bits per heavy atom. The van der Waals surface area contributed by atoms with Crippen LogP contribution in [0.5, 0.6) is 0 Å². The first-order valence-corrected chi connectivity index (χ1v) is 16.4. The predicted octanol–water partition coefficient (Wildman–Crippen LogP) is 0.570. The van der Waals surface area contributed by atoms with Crippen LogP contribution < -0.4 is 10.6 Å². The van der Waals surface area contributed by atoms with Crippen molar-refractivity contribution in [1.82, 2.24) is 10.6 Å². The predicted molar refractivity (Wildman–Crippen MR) is 169 cm³/mol. The van der Waals surface area contributed by atoms with Gasteiger partial charge in [-0.15, -0.1) is 23.2 Å². The fourth-order valence-electron chi connectivity index (χ4n) is 7.64. The number of carboxylic acid groups (broad SMARTS) is 1. The molecule has 262 valence electrons. The Hall–Kier alpha value is -2.26. The molecule has 2 amide bonds. The average molecular weight is 696 g/mol. The molecule has 0 bridgehead atoms. The van der Waals surface area contributed by atoms with Gasteiger partial charge >= 0.3 is 11.9 Å². The van der Waals surface area contributed by atoms with Gasteiger partial charge in [0.05, 0.1) is 24.0 Å². The van der Waals surface area contributed by atoms with E-state index in [0.717, 1.165) is 39.2 Å². The molecule has 3 saturated heterocycles. The van der Waals surface area contributed by atoms with Gasteiger partial charge in [-0.25, -0.2) is 9.59 Å². The van der Waals surface area contributed by atoms with Crippen molar-refractivity contribution in [1.29, 1.82) is 0 Å². The molecule has 5 aliphatic rings. The smallest absolute Gasteiger partial charge is 0.339 e. The summed E-state index contributed by atoms with van der Waals surface area (Å²) in [5.74, 6) is -4.44. The molecule has 46 heavy (non-hydrogen) atoms. The Morgan fingerprint density at radius 3 is 1.83 bits per heavy atom. The lowest BCUT2D eigenvalue weighted by molar-refractivity contribution is -0.238. The van der Waals surface area contributed by atoms with E-state index in [1.165, 1.54) is 6.92 Å². The number of alkyl halides is 2. The van der Waals surface area contributed by atoms with Crippen molar-refractivity contribution in [3.63, 3.8) is 0 Å². The SMILES string of the molecule is CO.C[C@@]12OC(=O)[C@]1([C@@H](O)[C@@H]1C=CCCC1)NC(=O)[C@@H]2CCCl.C[C@]1(O)[C@@H](CCCl)C(=O)N[C@]1(C(=O)O)[C@@H](O)[C@@H]1C=CCCC1.O. The number of carbonyl (C=O) groups excluding carboxylic acids is 3. The van der Waals surface area contributed by atoms with Gasteiger partial charge in [-0.1, -0.05) is 24.3 Å². The Kier molecular flexibility index (Phi) is 13.7. The van der Waals surface area contributed by atoms with E-state index in [4.69, 9.17) is 33.0 Å². The van der Waals surface area contributed by atoms with Crippen LogP contribution in [0.15, 0.2) is 24.3 Å². The minimum atomic E-state index is -2.13. The number of esters is 1. The molecule has 3 aliphatic heterocycles. The number of fused-ring (bicyclic) bond motifs is 1. The van der Waals surface area contributed by atoms with Gasteiger partial charge in [0.2, 0.25) is 17.4 Å². The lowest BCUT2D eigenvalue weighted by atomic mass is 9.64. The molecule has 10 atom stereocenters. The first-order chi connectivity index (χ1) is 21.3. The fourth-order valence-corrected chi connectivity index (χ4v) is 8.08. The van der Waals surface area contributed by atoms with Gasteiger partial charge in [-0.3, -0.25) is 9.59 Å². The Balaban J connectivity index is 0.000000298. The number of amides is 2. The second kappa shape index (κ2) is 15.8. The maximum absolute atomic E-state index is 12.2. The second-order valence-corrected chi connectivity index (χ2v) is 13.3. The molecule has 0 saturated carbocycles. The Labute approximate surface area is 278 Å². The minimum absolute atomic E-state index is 0. The number of hydrogen-bond acceptors (Lipinski definition) is 9. The van der Waals surface area contributed by atoms with Crippen LogP contribution in [0, 0.1) is 23.7 Å². The van der Waals surface area contributed by atoms with Gasteiger partial charge in [-0.05, 0) is 65.2 Å². The van der Waals surface area contributed by atoms with Gasteiger partial charge < -0.3 is 46.4 Å². The molecule has 0 aromatic heterocycles. The summed E-state index contributed by atoms with van der Waals surface area (Å²) in [6.45, 7) is 3.01. The number of carbonyl (C=O) groups is 4. The topological polar surface area (TPSA) is 234 Å². The summed E-state index contributed by atoms with van der Waals surface area (Å²) in [5.41, 5.74) is -6.41. The van der Waals surface area contributed by atoms with Crippen molar-refractivity contribution >= 4 is 47.0 Å². The van der Waals surface area contributed by atoms with Gasteiger partial charge in [0.15, 0.2) is 11.1 Å². The molecule has 5 rings (SSSR count). The Bertz CT molecular complexity index is 1180. The molecule has 0 radical (unpaired) electrons. The van der Waals surface area contributed by atoms with Crippen LogP contribution >= 0.6 is 23.2 Å². The van der Waals surface area contributed by atoms with Crippen LogP contribution in [0.4, 0.5) is 0 Å². The minimum Gasteiger partial charge on any atom is -0.479 e. The third-order valence-corrected chi connectivity index (χ3v) is 10.7. The van der Waals surface area contributed by atoms with Crippen molar-refractivity contribution in [2.45, 2.75) is 99.7 Å². The summed E-state index contributed by atoms with van der Waals surface area (Å²) in [6.07, 6.45) is 10.9. The van der Waals surface area contributed by atoms with Crippen LogP contribution in [0.1, 0.15) is 65.2 Å². The van der Waals surface area contributed by atoms with Crippen molar-refractivity contribution in [3.8, 4) is 0 Å². The highest BCUT2D eigenvalue weighted by Crippen LogP contribution is 2.53. The number of allylic oxidation sites excluding steroid dienone is 2. The highest BCUT2D eigenvalue weighted by Gasteiger charge is 2.79. The highest BCUT2D eigenvalue weighted by atomic mass is 35.5. The summed E-state index contributed by atoms with van der Waals surface area (Å²) in [7, 11) is 1.00.